The maximum atomic E-state index is 12.4. The Hall–Kier alpha value is -2.44. The van der Waals surface area contributed by atoms with E-state index in [1.165, 1.54) is 17.1 Å². The number of aryl methyl sites for hydroxylation is 1. The lowest BCUT2D eigenvalue weighted by atomic mass is 10.0. The van der Waals surface area contributed by atoms with Crippen molar-refractivity contribution >= 4 is 27.5 Å². The summed E-state index contributed by atoms with van der Waals surface area (Å²) < 4.78 is 2.77. The molecule has 152 valence electrons. The number of piperidine rings is 1. The molecule has 1 amide bonds. The van der Waals surface area contributed by atoms with E-state index < -0.39 is 0 Å². The van der Waals surface area contributed by atoms with Gasteiger partial charge in [-0.15, -0.1) is 0 Å². The van der Waals surface area contributed by atoms with Gasteiger partial charge in [0, 0.05) is 38.6 Å². The zero-order valence-corrected chi connectivity index (χ0v) is 17.4. The summed E-state index contributed by atoms with van der Waals surface area (Å²) >= 11 is 1.48. The molecule has 29 heavy (non-hydrogen) atoms. The van der Waals surface area contributed by atoms with Crippen LogP contribution in [0.1, 0.15) is 31.2 Å². The molecule has 5 nitrogen and oxygen atoms in total. The number of aromatic nitrogens is 1. The number of nitrogens with zero attached hydrogens (tertiary/aromatic N) is 2. The van der Waals surface area contributed by atoms with Gasteiger partial charge in [-0.3, -0.25) is 18.4 Å². The molecule has 1 N–H and O–H groups in total. The minimum atomic E-state index is 0.0526. The lowest BCUT2D eigenvalue weighted by Gasteiger charge is -2.32. The van der Waals surface area contributed by atoms with Crippen molar-refractivity contribution in [2.75, 3.05) is 13.1 Å². The molecule has 6 heteroatoms. The van der Waals surface area contributed by atoms with Gasteiger partial charge in [0.05, 0.1) is 10.1 Å². The summed E-state index contributed by atoms with van der Waals surface area (Å²) in [7, 11) is 0. The van der Waals surface area contributed by atoms with Gasteiger partial charge in [-0.05, 0) is 37.0 Å². The second-order valence-corrected chi connectivity index (χ2v) is 8.76. The second kappa shape index (κ2) is 9.37. The molecule has 4 rings (SSSR count). The Morgan fingerprint density at radius 1 is 1.03 bits per heavy atom. The quantitative estimate of drug-likeness (QED) is 0.648. The van der Waals surface area contributed by atoms with Crippen molar-refractivity contribution in [3.63, 3.8) is 0 Å². The smallest absolute Gasteiger partial charge is 0.268 e. The molecule has 0 atom stereocenters. The van der Waals surface area contributed by atoms with E-state index in [9.17, 15) is 9.59 Å². The van der Waals surface area contributed by atoms with E-state index in [0.29, 0.717) is 19.4 Å². The van der Waals surface area contributed by atoms with Gasteiger partial charge in [0.15, 0.2) is 0 Å². The minimum Gasteiger partial charge on any atom is -0.353 e. The summed E-state index contributed by atoms with van der Waals surface area (Å²) in [5.41, 5.74) is 1.39. The van der Waals surface area contributed by atoms with Crippen LogP contribution in [-0.4, -0.2) is 33.9 Å². The van der Waals surface area contributed by atoms with Crippen molar-refractivity contribution in [1.82, 2.24) is 14.2 Å². The number of benzene rings is 2. The molecule has 3 aromatic rings. The molecule has 1 aromatic heterocycles. The Bertz CT molecular complexity index is 1000. The molecule has 1 saturated heterocycles. The molecule has 1 fully saturated rings. The van der Waals surface area contributed by atoms with Gasteiger partial charge in [0.1, 0.15) is 0 Å². The van der Waals surface area contributed by atoms with Crippen LogP contribution in [0.15, 0.2) is 59.4 Å². The van der Waals surface area contributed by atoms with Gasteiger partial charge in [-0.1, -0.05) is 54.0 Å². The van der Waals surface area contributed by atoms with Crippen LogP contribution in [0.5, 0.6) is 0 Å². The summed E-state index contributed by atoms with van der Waals surface area (Å²) in [4.78, 5) is 27.1. The molecule has 2 heterocycles. The van der Waals surface area contributed by atoms with E-state index >= 15 is 0 Å². The molecule has 1 aliphatic heterocycles. The van der Waals surface area contributed by atoms with Crippen molar-refractivity contribution in [2.45, 2.75) is 44.8 Å². The van der Waals surface area contributed by atoms with E-state index in [0.717, 1.165) is 42.6 Å². The van der Waals surface area contributed by atoms with Crippen LogP contribution in [0.3, 0.4) is 0 Å². The fourth-order valence-corrected chi connectivity index (χ4v) is 4.96. The number of nitrogens with one attached hydrogen (secondary N) is 1. The fraction of sp³-hybridized carbons (Fsp3) is 0.391. The van der Waals surface area contributed by atoms with Crippen LogP contribution in [-0.2, 0) is 17.9 Å². The maximum absolute atomic E-state index is 12.4. The Kier molecular flexibility index (Phi) is 6.42. The number of carbonyl (C=O) groups excluding carboxylic acids is 1. The summed E-state index contributed by atoms with van der Waals surface area (Å²) in [6.45, 7) is 3.60. The highest BCUT2D eigenvalue weighted by Gasteiger charge is 2.20. The monoisotopic (exact) mass is 409 g/mol. The van der Waals surface area contributed by atoms with Gasteiger partial charge in [-0.2, -0.15) is 0 Å². The second-order valence-electron chi connectivity index (χ2n) is 7.70. The molecular weight excluding hydrogens is 382 g/mol. The SMILES string of the molecule is O=C(CCCn1sc2ccccc2c1=O)NC1CCN(Cc2ccccc2)CC1. The number of hydrogen-bond acceptors (Lipinski definition) is 4. The predicted octanol–water partition coefficient (Wildman–Crippen LogP) is 3.62. The number of fused-ring (bicyclic) bond motifs is 1. The Morgan fingerprint density at radius 3 is 2.52 bits per heavy atom. The number of rotatable bonds is 7. The summed E-state index contributed by atoms with van der Waals surface area (Å²) in [6.07, 6.45) is 3.14. The molecule has 0 radical (unpaired) electrons. The summed E-state index contributed by atoms with van der Waals surface area (Å²) in [5, 5.41) is 3.95. The highest BCUT2D eigenvalue weighted by atomic mass is 32.1. The molecule has 0 unspecified atom stereocenters. The first kappa shape index (κ1) is 19.9. The van der Waals surface area contributed by atoms with Crippen LogP contribution in [0, 0.1) is 0 Å². The van der Waals surface area contributed by atoms with Gasteiger partial charge >= 0.3 is 0 Å². The van der Waals surface area contributed by atoms with Crippen LogP contribution >= 0.6 is 11.5 Å². The molecule has 0 aliphatic carbocycles. The fourth-order valence-electron chi connectivity index (χ4n) is 3.92. The largest absolute Gasteiger partial charge is 0.353 e. The number of amides is 1. The standard InChI is InChI=1S/C23H27N3O2S/c27-22(11-6-14-26-23(28)20-9-4-5-10-21(20)29-26)24-19-12-15-25(16-13-19)17-18-7-2-1-3-8-18/h1-5,7-10,19H,6,11-17H2,(H,24,27). The van der Waals surface area contributed by atoms with Crippen molar-refractivity contribution in [1.29, 1.82) is 0 Å². The summed E-state index contributed by atoms with van der Waals surface area (Å²) in [6, 6.07) is 18.5. The highest BCUT2D eigenvalue weighted by molar-refractivity contribution is 7.13. The average Bonchev–Trinajstić information content (AvgIpc) is 3.06. The van der Waals surface area contributed by atoms with Crippen LogP contribution in [0.25, 0.3) is 10.1 Å². The van der Waals surface area contributed by atoms with Gasteiger partial charge in [0.25, 0.3) is 5.56 Å². The number of hydrogen-bond donors (Lipinski definition) is 1. The number of carbonyl (C=O) groups is 1. The first-order valence-electron chi connectivity index (χ1n) is 10.3. The molecule has 2 aromatic carbocycles. The number of likely N-dealkylation sites (tertiary alicyclic amines) is 1. The van der Waals surface area contributed by atoms with Gasteiger partial charge in [0.2, 0.25) is 5.91 Å². The zero-order chi connectivity index (χ0) is 20.1. The Morgan fingerprint density at radius 2 is 1.76 bits per heavy atom. The normalized spacial score (nSPS) is 15.6. The molecule has 0 bridgehead atoms. The topological polar surface area (TPSA) is 54.3 Å². The van der Waals surface area contributed by atoms with Crippen molar-refractivity contribution in [2.24, 2.45) is 0 Å². The lowest BCUT2D eigenvalue weighted by Crippen LogP contribution is -2.44. The predicted molar refractivity (Wildman–Crippen MR) is 118 cm³/mol. The van der Waals surface area contributed by atoms with Crippen LogP contribution in [0.4, 0.5) is 0 Å². The van der Waals surface area contributed by atoms with E-state index in [-0.39, 0.29) is 17.5 Å². The van der Waals surface area contributed by atoms with E-state index in [4.69, 9.17) is 0 Å². The molecule has 0 saturated carbocycles. The Labute approximate surface area is 175 Å². The summed E-state index contributed by atoms with van der Waals surface area (Å²) in [5.74, 6) is 0.0978. The van der Waals surface area contributed by atoms with Gasteiger partial charge in [-0.25, -0.2) is 0 Å². The van der Waals surface area contributed by atoms with Crippen molar-refractivity contribution < 1.29 is 4.79 Å². The minimum absolute atomic E-state index is 0.0526. The molecule has 0 spiro atoms. The van der Waals surface area contributed by atoms with Crippen molar-refractivity contribution in [3.8, 4) is 0 Å². The van der Waals surface area contributed by atoms with Crippen LogP contribution in [0.2, 0.25) is 0 Å². The molecular formula is C23H27N3O2S. The van der Waals surface area contributed by atoms with E-state index in [2.05, 4.69) is 34.5 Å². The van der Waals surface area contributed by atoms with Gasteiger partial charge < -0.3 is 5.32 Å². The third-order valence-electron chi connectivity index (χ3n) is 5.52. The maximum Gasteiger partial charge on any atom is 0.268 e. The third-order valence-corrected chi connectivity index (χ3v) is 6.64. The first-order valence-corrected chi connectivity index (χ1v) is 11.1. The van der Waals surface area contributed by atoms with E-state index in [1.807, 2.05) is 30.3 Å². The van der Waals surface area contributed by atoms with E-state index in [1.54, 1.807) is 3.96 Å². The van der Waals surface area contributed by atoms with Crippen molar-refractivity contribution in [3.05, 3.63) is 70.5 Å². The Balaban J connectivity index is 1.18. The third kappa shape index (κ3) is 5.14. The zero-order valence-electron chi connectivity index (χ0n) is 16.5. The first-order chi connectivity index (χ1) is 14.2. The average molecular weight is 410 g/mol. The lowest BCUT2D eigenvalue weighted by molar-refractivity contribution is -0.122. The highest BCUT2D eigenvalue weighted by Crippen LogP contribution is 2.17. The molecule has 1 aliphatic rings. The van der Waals surface area contributed by atoms with Crippen LogP contribution < -0.4 is 10.9 Å².